The fraction of sp³-hybridized carbons (Fsp3) is 0. The highest BCUT2D eigenvalue weighted by molar-refractivity contribution is 9.11. The van der Waals surface area contributed by atoms with E-state index in [-0.39, 0.29) is 0 Å². The standard InChI is InChI=1S/C10H5Br3N2O/c11-6-1-2-9(8(13)3-6)16-10-14-4-7(12)5-15-10/h1-5H. The molecule has 0 unspecified atom stereocenters. The van der Waals surface area contributed by atoms with Gasteiger partial charge in [-0.05, 0) is 50.1 Å². The van der Waals surface area contributed by atoms with Crippen molar-refractivity contribution in [1.82, 2.24) is 9.97 Å². The SMILES string of the molecule is Brc1cnc(Oc2ccc(Br)cc2Br)nc1. The quantitative estimate of drug-likeness (QED) is 0.730. The van der Waals surface area contributed by atoms with Crippen LogP contribution in [0.25, 0.3) is 0 Å². The summed E-state index contributed by atoms with van der Waals surface area (Å²) < 4.78 is 8.14. The third-order valence-corrected chi connectivity index (χ3v) is 3.21. The van der Waals surface area contributed by atoms with Gasteiger partial charge in [-0.25, -0.2) is 9.97 Å². The molecule has 0 radical (unpaired) electrons. The van der Waals surface area contributed by atoms with Crippen LogP contribution in [-0.4, -0.2) is 9.97 Å². The Morgan fingerprint density at radius 3 is 2.25 bits per heavy atom. The zero-order valence-corrected chi connectivity index (χ0v) is 12.6. The summed E-state index contributed by atoms with van der Waals surface area (Å²) in [5.74, 6) is 0.672. The Kier molecular flexibility index (Phi) is 3.94. The lowest BCUT2D eigenvalue weighted by molar-refractivity contribution is 0.438. The summed E-state index contributed by atoms with van der Waals surface area (Å²) in [5.41, 5.74) is 0. The molecule has 6 heteroatoms. The first-order valence-corrected chi connectivity index (χ1v) is 6.63. The highest BCUT2D eigenvalue weighted by atomic mass is 79.9. The Morgan fingerprint density at radius 1 is 0.938 bits per heavy atom. The Balaban J connectivity index is 2.23. The van der Waals surface area contributed by atoms with Crippen LogP contribution in [-0.2, 0) is 0 Å². The van der Waals surface area contributed by atoms with E-state index in [0.717, 1.165) is 13.4 Å². The first-order chi connectivity index (χ1) is 7.65. The Labute approximate surface area is 118 Å². The normalized spacial score (nSPS) is 10.2. The van der Waals surface area contributed by atoms with Crippen molar-refractivity contribution in [1.29, 1.82) is 0 Å². The van der Waals surface area contributed by atoms with E-state index in [2.05, 4.69) is 57.8 Å². The van der Waals surface area contributed by atoms with E-state index in [9.17, 15) is 0 Å². The molecule has 1 aromatic carbocycles. The third-order valence-electron chi connectivity index (χ3n) is 1.69. The molecule has 0 bridgehead atoms. The molecule has 1 aromatic heterocycles. The van der Waals surface area contributed by atoms with E-state index < -0.39 is 0 Å². The molecular formula is C10H5Br3N2O. The molecular weight excluding hydrogens is 404 g/mol. The second kappa shape index (κ2) is 5.25. The van der Waals surface area contributed by atoms with Crippen molar-refractivity contribution in [3.05, 3.63) is 44.0 Å². The fourth-order valence-electron chi connectivity index (χ4n) is 1.01. The Hall–Kier alpha value is -0.460. The monoisotopic (exact) mass is 406 g/mol. The van der Waals surface area contributed by atoms with Crippen LogP contribution in [0.1, 0.15) is 0 Å². The van der Waals surface area contributed by atoms with Crippen molar-refractivity contribution in [3.63, 3.8) is 0 Å². The zero-order chi connectivity index (χ0) is 11.5. The second-order valence-electron chi connectivity index (χ2n) is 2.86. The van der Waals surface area contributed by atoms with E-state index in [4.69, 9.17) is 4.74 Å². The molecule has 1 heterocycles. The van der Waals surface area contributed by atoms with Crippen molar-refractivity contribution in [2.45, 2.75) is 0 Å². The van der Waals surface area contributed by atoms with Gasteiger partial charge in [0, 0.05) is 16.9 Å². The lowest BCUT2D eigenvalue weighted by atomic mass is 10.3. The van der Waals surface area contributed by atoms with Gasteiger partial charge in [0.2, 0.25) is 0 Å². The number of rotatable bonds is 2. The van der Waals surface area contributed by atoms with Gasteiger partial charge < -0.3 is 4.74 Å². The van der Waals surface area contributed by atoms with Crippen LogP contribution in [0.15, 0.2) is 44.0 Å². The number of hydrogen-bond donors (Lipinski definition) is 0. The first-order valence-electron chi connectivity index (χ1n) is 4.25. The zero-order valence-electron chi connectivity index (χ0n) is 7.82. The molecule has 2 aromatic rings. The van der Waals surface area contributed by atoms with Crippen LogP contribution in [0, 0.1) is 0 Å². The summed E-state index contributed by atoms with van der Waals surface area (Å²) >= 11 is 10.0. The van der Waals surface area contributed by atoms with Crippen LogP contribution in [0.4, 0.5) is 0 Å². The number of nitrogens with zero attached hydrogens (tertiary/aromatic N) is 2. The summed E-state index contributed by atoms with van der Waals surface area (Å²) in [6.45, 7) is 0. The first kappa shape index (κ1) is 12.0. The molecule has 82 valence electrons. The van der Waals surface area contributed by atoms with Gasteiger partial charge in [0.1, 0.15) is 5.75 Å². The number of ether oxygens (including phenoxy) is 1. The van der Waals surface area contributed by atoms with Crippen molar-refractivity contribution in [2.75, 3.05) is 0 Å². The van der Waals surface area contributed by atoms with E-state index >= 15 is 0 Å². The lowest BCUT2D eigenvalue weighted by Crippen LogP contribution is -1.91. The van der Waals surface area contributed by atoms with E-state index in [1.54, 1.807) is 12.4 Å². The molecule has 0 spiro atoms. The minimum atomic E-state index is 0.311. The van der Waals surface area contributed by atoms with Gasteiger partial charge in [-0.2, -0.15) is 0 Å². The van der Waals surface area contributed by atoms with Crippen molar-refractivity contribution < 1.29 is 4.74 Å². The van der Waals surface area contributed by atoms with Crippen molar-refractivity contribution >= 4 is 47.8 Å². The highest BCUT2D eigenvalue weighted by Gasteiger charge is 2.05. The van der Waals surface area contributed by atoms with Gasteiger partial charge >= 0.3 is 6.01 Å². The van der Waals surface area contributed by atoms with Crippen LogP contribution in [0.2, 0.25) is 0 Å². The summed E-state index contributed by atoms with van der Waals surface area (Å²) in [5, 5.41) is 0. The molecule has 0 saturated carbocycles. The number of aromatic nitrogens is 2. The number of benzene rings is 1. The van der Waals surface area contributed by atoms with Crippen LogP contribution in [0.5, 0.6) is 11.8 Å². The van der Waals surface area contributed by atoms with Crippen LogP contribution >= 0.6 is 47.8 Å². The van der Waals surface area contributed by atoms with Gasteiger partial charge in [0.25, 0.3) is 0 Å². The molecule has 16 heavy (non-hydrogen) atoms. The maximum absolute atomic E-state index is 5.51. The molecule has 0 aliphatic rings. The topological polar surface area (TPSA) is 35.0 Å². The molecule has 0 saturated heterocycles. The van der Waals surface area contributed by atoms with Crippen molar-refractivity contribution in [3.8, 4) is 11.8 Å². The maximum atomic E-state index is 5.51. The smallest absolute Gasteiger partial charge is 0.321 e. The molecule has 0 N–H and O–H groups in total. The minimum absolute atomic E-state index is 0.311. The second-order valence-corrected chi connectivity index (χ2v) is 5.55. The predicted molar refractivity (Wildman–Crippen MR) is 71.6 cm³/mol. The fourth-order valence-corrected chi connectivity index (χ4v) is 2.34. The predicted octanol–water partition coefficient (Wildman–Crippen LogP) is 4.56. The molecule has 0 fully saturated rings. The largest absolute Gasteiger partial charge is 0.423 e. The molecule has 0 amide bonds. The van der Waals surface area contributed by atoms with Gasteiger partial charge in [-0.1, -0.05) is 15.9 Å². The highest BCUT2D eigenvalue weighted by Crippen LogP contribution is 2.30. The number of hydrogen-bond acceptors (Lipinski definition) is 3. The van der Waals surface area contributed by atoms with Crippen molar-refractivity contribution in [2.24, 2.45) is 0 Å². The average molecular weight is 409 g/mol. The molecule has 3 nitrogen and oxygen atoms in total. The summed E-state index contributed by atoms with van der Waals surface area (Å²) in [7, 11) is 0. The molecule has 0 atom stereocenters. The molecule has 2 rings (SSSR count). The van der Waals surface area contributed by atoms with Gasteiger partial charge in [0.15, 0.2) is 0 Å². The van der Waals surface area contributed by atoms with Gasteiger partial charge in [0.05, 0.1) is 8.95 Å². The summed E-state index contributed by atoms with van der Waals surface area (Å²) in [6.07, 6.45) is 3.27. The minimum Gasteiger partial charge on any atom is -0.423 e. The van der Waals surface area contributed by atoms with E-state index in [1.807, 2.05) is 18.2 Å². The summed E-state index contributed by atoms with van der Waals surface area (Å²) in [4.78, 5) is 8.05. The van der Waals surface area contributed by atoms with Gasteiger partial charge in [-0.15, -0.1) is 0 Å². The Morgan fingerprint density at radius 2 is 1.62 bits per heavy atom. The average Bonchev–Trinajstić information content (AvgIpc) is 2.25. The van der Waals surface area contributed by atoms with E-state index in [1.165, 1.54) is 0 Å². The van der Waals surface area contributed by atoms with Gasteiger partial charge in [-0.3, -0.25) is 0 Å². The van der Waals surface area contributed by atoms with Crippen LogP contribution < -0.4 is 4.74 Å². The summed E-state index contributed by atoms with van der Waals surface area (Å²) in [6, 6.07) is 5.93. The van der Waals surface area contributed by atoms with E-state index in [0.29, 0.717) is 11.8 Å². The van der Waals surface area contributed by atoms with Crippen LogP contribution in [0.3, 0.4) is 0 Å². The molecule has 0 aliphatic carbocycles. The Bertz CT molecular complexity index is 502. The third kappa shape index (κ3) is 3.02. The molecule has 0 aliphatic heterocycles. The maximum Gasteiger partial charge on any atom is 0.321 e. The lowest BCUT2D eigenvalue weighted by Gasteiger charge is -2.05. The number of halogens is 3.